The quantitative estimate of drug-likeness (QED) is 0.722. The molecule has 1 unspecified atom stereocenters. The lowest BCUT2D eigenvalue weighted by atomic mass is 10.0. The highest BCUT2D eigenvalue weighted by molar-refractivity contribution is 5.96. The van der Waals surface area contributed by atoms with Crippen molar-refractivity contribution in [2.75, 3.05) is 7.05 Å². The van der Waals surface area contributed by atoms with Crippen LogP contribution in [-0.4, -0.2) is 23.8 Å². The molecule has 3 rings (SSSR count). The number of benzene rings is 2. The van der Waals surface area contributed by atoms with Crippen molar-refractivity contribution in [1.29, 1.82) is 0 Å². The van der Waals surface area contributed by atoms with E-state index < -0.39 is 29.5 Å². The summed E-state index contributed by atoms with van der Waals surface area (Å²) in [6.07, 6.45) is 1.14. The lowest BCUT2D eigenvalue weighted by Crippen LogP contribution is -2.39. The summed E-state index contributed by atoms with van der Waals surface area (Å²) in [5.74, 6) is -2.92. The van der Waals surface area contributed by atoms with Crippen LogP contribution in [0.15, 0.2) is 59.2 Å². The maximum Gasteiger partial charge on any atom is 0.274 e. The highest BCUT2D eigenvalue weighted by Gasteiger charge is 2.26. The average molecular weight is 371 g/mol. The molecule has 0 aliphatic rings. The molecule has 138 valence electrons. The molecule has 1 atom stereocenters. The zero-order valence-corrected chi connectivity index (χ0v) is 14.2. The number of amides is 2. The van der Waals surface area contributed by atoms with Gasteiger partial charge in [0, 0.05) is 24.2 Å². The van der Waals surface area contributed by atoms with Crippen LogP contribution in [0.5, 0.6) is 0 Å². The topological polar surface area (TPSA) is 84.2 Å². The monoisotopic (exact) mass is 371 g/mol. The Hall–Kier alpha value is -3.55. The Kier molecular flexibility index (Phi) is 5.25. The maximum absolute atomic E-state index is 14.1. The first-order valence-electron chi connectivity index (χ1n) is 7.98. The SMILES string of the molecule is CNC(=O)C(NC(=O)c1coc(-c2ccccc2)n1)c1ccc(F)cc1F. The molecule has 1 aromatic heterocycles. The maximum atomic E-state index is 14.1. The number of hydrogen-bond donors (Lipinski definition) is 2. The average Bonchev–Trinajstić information content (AvgIpc) is 3.17. The molecule has 0 saturated heterocycles. The number of likely N-dealkylation sites (N-methyl/N-ethyl adjacent to an activating group) is 1. The van der Waals surface area contributed by atoms with Gasteiger partial charge in [0.05, 0.1) is 0 Å². The van der Waals surface area contributed by atoms with Crippen LogP contribution in [-0.2, 0) is 4.79 Å². The van der Waals surface area contributed by atoms with Gasteiger partial charge in [0.25, 0.3) is 5.91 Å². The smallest absolute Gasteiger partial charge is 0.274 e. The van der Waals surface area contributed by atoms with Gasteiger partial charge in [-0.25, -0.2) is 13.8 Å². The number of hydrogen-bond acceptors (Lipinski definition) is 4. The minimum absolute atomic E-state index is 0.0784. The zero-order chi connectivity index (χ0) is 19.4. The van der Waals surface area contributed by atoms with E-state index in [1.807, 2.05) is 6.07 Å². The number of halogens is 2. The Morgan fingerprint density at radius 2 is 1.85 bits per heavy atom. The minimum Gasteiger partial charge on any atom is -0.444 e. The Balaban J connectivity index is 1.85. The molecule has 2 amide bonds. The van der Waals surface area contributed by atoms with Gasteiger partial charge in [-0.1, -0.05) is 24.3 Å². The molecular weight excluding hydrogens is 356 g/mol. The first-order chi connectivity index (χ1) is 13.0. The molecule has 0 aliphatic carbocycles. The van der Waals surface area contributed by atoms with E-state index in [9.17, 15) is 18.4 Å². The highest BCUT2D eigenvalue weighted by Crippen LogP contribution is 2.21. The van der Waals surface area contributed by atoms with Crippen molar-refractivity contribution >= 4 is 11.8 Å². The summed E-state index contributed by atoms with van der Waals surface area (Å²) in [6.45, 7) is 0. The van der Waals surface area contributed by atoms with Crippen LogP contribution in [0, 0.1) is 11.6 Å². The fourth-order valence-electron chi connectivity index (χ4n) is 2.46. The van der Waals surface area contributed by atoms with E-state index in [-0.39, 0.29) is 17.1 Å². The van der Waals surface area contributed by atoms with Gasteiger partial charge >= 0.3 is 0 Å². The largest absolute Gasteiger partial charge is 0.444 e. The van der Waals surface area contributed by atoms with E-state index in [1.54, 1.807) is 24.3 Å². The molecule has 2 aromatic carbocycles. The van der Waals surface area contributed by atoms with E-state index in [2.05, 4.69) is 15.6 Å². The third-order valence-corrected chi connectivity index (χ3v) is 3.82. The number of carbonyl (C=O) groups excluding carboxylic acids is 2. The third kappa shape index (κ3) is 4.00. The molecule has 0 radical (unpaired) electrons. The van der Waals surface area contributed by atoms with Gasteiger partial charge in [-0.2, -0.15) is 0 Å². The molecule has 3 aromatic rings. The Bertz CT molecular complexity index is 973. The van der Waals surface area contributed by atoms with Crippen molar-refractivity contribution in [1.82, 2.24) is 15.6 Å². The summed E-state index contributed by atoms with van der Waals surface area (Å²) < 4.78 is 32.5. The van der Waals surface area contributed by atoms with Gasteiger partial charge in [0.1, 0.15) is 23.9 Å². The zero-order valence-electron chi connectivity index (χ0n) is 14.2. The van der Waals surface area contributed by atoms with E-state index in [1.165, 1.54) is 7.05 Å². The van der Waals surface area contributed by atoms with Gasteiger partial charge in [0.15, 0.2) is 5.69 Å². The van der Waals surface area contributed by atoms with E-state index in [4.69, 9.17) is 4.42 Å². The minimum atomic E-state index is -1.36. The Morgan fingerprint density at radius 3 is 2.52 bits per heavy atom. The fourth-order valence-corrected chi connectivity index (χ4v) is 2.46. The third-order valence-electron chi connectivity index (χ3n) is 3.82. The summed E-state index contributed by atoms with van der Waals surface area (Å²) in [5.41, 5.74) is 0.421. The van der Waals surface area contributed by atoms with Crippen LogP contribution in [0.1, 0.15) is 22.1 Å². The predicted molar refractivity (Wildman–Crippen MR) is 92.6 cm³/mol. The van der Waals surface area contributed by atoms with Gasteiger partial charge in [-0.05, 0) is 18.2 Å². The van der Waals surface area contributed by atoms with Crippen molar-refractivity contribution < 1.29 is 22.8 Å². The van der Waals surface area contributed by atoms with Crippen LogP contribution in [0.3, 0.4) is 0 Å². The highest BCUT2D eigenvalue weighted by atomic mass is 19.1. The molecule has 8 heteroatoms. The second-order valence-corrected chi connectivity index (χ2v) is 5.59. The van der Waals surface area contributed by atoms with Crippen LogP contribution >= 0.6 is 0 Å². The van der Waals surface area contributed by atoms with Crippen LogP contribution in [0.2, 0.25) is 0 Å². The summed E-state index contributed by atoms with van der Waals surface area (Å²) in [4.78, 5) is 28.7. The van der Waals surface area contributed by atoms with Crippen molar-refractivity contribution in [3.63, 3.8) is 0 Å². The van der Waals surface area contributed by atoms with Crippen molar-refractivity contribution in [3.8, 4) is 11.5 Å². The molecule has 2 N–H and O–H groups in total. The number of aromatic nitrogens is 1. The summed E-state index contributed by atoms with van der Waals surface area (Å²) in [5, 5.41) is 4.72. The predicted octanol–water partition coefficient (Wildman–Crippen LogP) is 2.84. The number of nitrogens with zero attached hydrogens (tertiary/aromatic N) is 1. The molecule has 0 bridgehead atoms. The van der Waals surface area contributed by atoms with E-state index in [0.29, 0.717) is 11.6 Å². The van der Waals surface area contributed by atoms with Gasteiger partial charge < -0.3 is 15.1 Å². The van der Waals surface area contributed by atoms with Gasteiger partial charge in [-0.3, -0.25) is 9.59 Å². The Morgan fingerprint density at radius 1 is 1.11 bits per heavy atom. The van der Waals surface area contributed by atoms with Crippen LogP contribution in [0.25, 0.3) is 11.5 Å². The summed E-state index contributed by atoms with van der Waals surface area (Å²) in [6, 6.07) is 10.3. The molecule has 6 nitrogen and oxygen atoms in total. The van der Waals surface area contributed by atoms with Gasteiger partial charge in [-0.15, -0.1) is 0 Å². The Labute approximate surface area is 153 Å². The van der Waals surface area contributed by atoms with E-state index in [0.717, 1.165) is 18.4 Å². The molecule has 27 heavy (non-hydrogen) atoms. The number of oxazole rings is 1. The van der Waals surface area contributed by atoms with Crippen molar-refractivity contribution in [3.05, 3.63) is 77.7 Å². The normalized spacial score (nSPS) is 11.7. The van der Waals surface area contributed by atoms with E-state index >= 15 is 0 Å². The van der Waals surface area contributed by atoms with Gasteiger partial charge in [0.2, 0.25) is 11.8 Å². The molecule has 0 aliphatic heterocycles. The summed E-state index contributed by atoms with van der Waals surface area (Å²) >= 11 is 0. The first-order valence-corrected chi connectivity index (χ1v) is 7.98. The number of rotatable bonds is 5. The second-order valence-electron chi connectivity index (χ2n) is 5.59. The standard InChI is InChI=1S/C19H15F2N3O3/c1-22-18(26)16(13-8-7-12(20)9-14(13)21)24-17(25)15-10-27-19(23-15)11-5-3-2-4-6-11/h2-10,16H,1H3,(H,22,26)(H,24,25). The molecule has 0 spiro atoms. The van der Waals surface area contributed by atoms with Crippen LogP contribution in [0.4, 0.5) is 8.78 Å². The number of nitrogens with one attached hydrogen (secondary N) is 2. The molecule has 0 fully saturated rings. The number of carbonyl (C=O) groups is 2. The lowest BCUT2D eigenvalue weighted by molar-refractivity contribution is -0.122. The lowest BCUT2D eigenvalue weighted by Gasteiger charge is -2.17. The van der Waals surface area contributed by atoms with Crippen molar-refractivity contribution in [2.45, 2.75) is 6.04 Å². The van der Waals surface area contributed by atoms with Crippen LogP contribution < -0.4 is 10.6 Å². The summed E-state index contributed by atoms with van der Waals surface area (Å²) in [7, 11) is 1.34. The first kappa shape index (κ1) is 18.2. The molecule has 1 heterocycles. The molecule has 0 saturated carbocycles. The second kappa shape index (κ2) is 7.77. The van der Waals surface area contributed by atoms with Crippen molar-refractivity contribution in [2.24, 2.45) is 0 Å². The fraction of sp³-hybridized carbons (Fsp3) is 0.105. The molecular formula is C19H15F2N3O3.